The Balaban J connectivity index is 4.52. The number of halogens is 3. The third-order valence-corrected chi connectivity index (χ3v) is 3.31. The van der Waals surface area contributed by atoms with Crippen LogP contribution in [0.25, 0.3) is 0 Å². The second-order valence-corrected chi connectivity index (χ2v) is 5.67. The molecule has 20 heavy (non-hydrogen) atoms. The molecule has 0 spiro atoms. The number of alkyl halides is 3. The van der Waals surface area contributed by atoms with Crippen LogP contribution in [0, 0.1) is 0 Å². The fourth-order valence-electron chi connectivity index (χ4n) is 1.09. The number of carboxylic acids is 1. The predicted octanol–water partition coefficient (Wildman–Crippen LogP) is -0.806. The Hall–Kier alpha value is -1.56. The Morgan fingerprint density at radius 2 is 1.85 bits per heavy atom. The van der Waals surface area contributed by atoms with Gasteiger partial charge < -0.3 is 15.3 Å². The lowest BCUT2D eigenvalue weighted by molar-refractivity contribution is -0.148. The lowest BCUT2D eigenvalue weighted by atomic mass is 10.4. The summed E-state index contributed by atoms with van der Waals surface area (Å²) in [6.07, 6.45) is -4.76. The highest BCUT2D eigenvalue weighted by Crippen LogP contribution is 2.16. The van der Waals surface area contributed by atoms with Crippen molar-refractivity contribution >= 4 is 22.0 Å². The number of urea groups is 1. The molecule has 0 unspecified atom stereocenters. The zero-order valence-electron chi connectivity index (χ0n) is 10.4. The summed E-state index contributed by atoms with van der Waals surface area (Å²) in [5.41, 5.74) is 0. The normalized spacial score (nSPS) is 12.0. The number of carbonyl (C=O) groups is 2. The fraction of sp³-hybridized carbons (Fsp3) is 0.750. The first-order chi connectivity index (χ1) is 8.97. The first-order valence-corrected chi connectivity index (χ1v) is 6.84. The Kier molecular flexibility index (Phi) is 6.72. The maximum atomic E-state index is 12.2. The summed E-state index contributed by atoms with van der Waals surface area (Å²) in [5, 5.41) is 10.3. The second kappa shape index (κ2) is 7.28. The average molecular weight is 321 g/mol. The number of nitrogens with one attached hydrogen (secondary N) is 2. The summed E-state index contributed by atoms with van der Waals surface area (Å²) in [6.45, 7) is -3.34. The molecule has 0 fully saturated rings. The summed E-state index contributed by atoms with van der Waals surface area (Å²) >= 11 is 0. The molecule has 0 radical (unpaired) electrons. The van der Waals surface area contributed by atoms with Crippen LogP contribution in [0.4, 0.5) is 18.0 Å². The van der Waals surface area contributed by atoms with Crippen molar-refractivity contribution in [3.63, 3.8) is 0 Å². The molecule has 0 aliphatic heterocycles. The maximum absolute atomic E-state index is 12.2. The molecule has 0 saturated heterocycles. The van der Waals surface area contributed by atoms with Gasteiger partial charge in [0.2, 0.25) is 10.0 Å². The minimum Gasteiger partial charge on any atom is -0.480 e. The van der Waals surface area contributed by atoms with E-state index in [0.29, 0.717) is 0 Å². The van der Waals surface area contributed by atoms with Gasteiger partial charge in [0, 0.05) is 6.54 Å². The summed E-state index contributed by atoms with van der Waals surface area (Å²) in [7, 11) is -2.48. The van der Waals surface area contributed by atoms with Gasteiger partial charge in [-0.25, -0.2) is 17.9 Å². The van der Waals surface area contributed by atoms with E-state index in [-0.39, 0.29) is 4.90 Å². The molecule has 0 aliphatic rings. The maximum Gasteiger partial charge on any atom is 0.406 e. The smallest absolute Gasteiger partial charge is 0.406 e. The highest BCUT2D eigenvalue weighted by molar-refractivity contribution is 7.89. The Morgan fingerprint density at radius 1 is 1.30 bits per heavy atom. The lowest BCUT2D eigenvalue weighted by Crippen LogP contribution is -2.48. The number of nitrogens with zero attached hydrogens (tertiary/aromatic N) is 1. The van der Waals surface area contributed by atoms with Crippen LogP contribution in [0.2, 0.25) is 0 Å². The summed E-state index contributed by atoms with van der Waals surface area (Å²) < 4.78 is 60.4. The molecule has 8 nitrogen and oxygen atoms in total. The molecular formula is C8H14F3N3O5S. The van der Waals surface area contributed by atoms with E-state index >= 15 is 0 Å². The second-order valence-electron chi connectivity index (χ2n) is 3.62. The van der Waals surface area contributed by atoms with Gasteiger partial charge in [-0.3, -0.25) is 4.79 Å². The summed E-state index contributed by atoms with van der Waals surface area (Å²) in [6, 6.07) is -1.31. The molecule has 0 heterocycles. The van der Waals surface area contributed by atoms with Crippen LogP contribution in [0.5, 0.6) is 0 Å². The first kappa shape index (κ1) is 18.4. The predicted molar refractivity (Wildman–Crippen MR) is 61.5 cm³/mol. The molecule has 12 heteroatoms. The van der Waals surface area contributed by atoms with Gasteiger partial charge in [0.05, 0.1) is 5.75 Å². The number of carboxylic acid groups (broad SMARTS) is 1. The largest absolute Gasteiger partial charge is 0.480 e. The standard InChI is InChI=1S/C8H14F3N3O5S/c1-12-20(18,19)3-2-13-7(17)14(4-6(15)16)5-8(9,10)11/h12H,2-5H2,1H3,(H,13,17)(H,15,16). The van der Waals surface area contributed by atoms with Crippen molar-refractivity contribution in [2.45, 2.75) is 6.18 Å². The van der Waals surface area contributed by atoms with Gasteiger partial charge in [-0.2, -0.15) is 13.2 Å². The molecule has 0 aromatic heterocycles. The van der Waals surface area contributed by atoms with Crippen molar-refractivity contribution in [3.05, 3.63) is 0 Å². The van der Waals surface area contributed by atoms with Crippen LogP contribution >= 0.6 is 0 Å². The van der Waals surface area contributed by atoms with Gasteiger partial charge in [-0.05, 0) is 7.05 Å². The summed E-state index contributed by atoms with van der Waals surface area (Å²) in [4.78, 5) is 21.8. The third-order valence-electron chi connectivity index (χ3n) is 1.94. The van der Waals surface area contributed by atoms with E-state index in [1.807, 2.05) is 10.0 Å². The van der Waals surface area contributed by atoms with Crippen LogP contribution in [-0.4, -0.2) is 69.0 Å². The van der Waals surface area contributed by atoms with Crippen molar-refractivity contribution in [1.82, 2.24) is 14.9 Å². The van der Waals surface area contributed by atoms with Gasteiger partial charge >= 0.3 is 18.2 Å². The number of hydrogen-bond donors (Lipinski definition) is 3. The first-order valence-electron chi connectivity index (χ1n) is 5.19. The summed E-state index contributed by atoms with van der Waals surface area (Å²) in [5.74, 6) is -2.16. The molecule has 3 N–H and O–H groups in total. The van der Waals surface area contributed by atoms with Crippen molar-refractivity contribution in [2.24, 2.45) is 0 Å². The quantitative estimate of drug-likeness (QED) is 0.567. The van der Waals surface area contributed by atoms with Gasteiger partial charge in [-0.15, -0.1) is 0 Å². The number of carbonyl (C=O) groups excluding carboxylic acids is 1. The molecule has 0 saturated carbocycles. The minimum atomic E-state index is -4.76. The van der Waals surface area contributed by atoms with E-state index in [1.165, 1.54) is 0 Å². The van der Waals surface area contributed by atoms with Gasteiger partial charge in [0.25, 0.3) is 0 Å². The zero-order valence-corrected chi connectivity index (χ0v) is 11.2. The van der Waals surface area contributed by atoms with Gasteiger partial charge in [0.1, 0.15) is 13.1 Å². The Labute approximate surface area is 113 Å². The number of hydrogen-bond acceptors (Lipinski definition) is 4. The number of aliphatic carboxylic acids is 1. The van der Waals surface area contributed by atoms with E-state index in [0.717, 1.165) is 7.05 Å². The van der Waals surface area contributed by atoms with Crippen molar-refractivity contribution < 1.29 is 36.3 Å². The Bertz CT molecular complexity index is 451. The van der Waals surface area contributed by atoms with E-state index in [9.17, 15) is 31.2 Å². The SMILES string of the molecule is CNS(=O)(=O)CCNC(=O)N(CC(=O)O)CC(F)(F)F. The monoisotopic (exact) mass is 321 g/mol. The van der Waals surface area contributed by atoms with Crippen LogP contribution in [0.3, 0.4) is 0 Å². The molecular weight excluding hydrogens is 307 g/mol. The molecule has 118 valence electrons. The van der Waals surface area contributed by atoms with Crippen molar-refractivity contribution in [3.8, 4) is 0 Å². The average Bonchev–Trinajstić information content (AvgIpc) is 2.25. The van der Waals surface area contributed by atoms with E-state index < -0.39 is 53.6 Å². The fourth-order valence-corrected chi connectivity index (χ4v) is 1.66. The van der Waals surface area contributed by atoms with E-state index in [2.05, 4.69) is 0 Å². The van der Waals surface area contributed by atoms with Crippen molar-refractivity contribution in [1.29, 1.82) is 0 Å². The van der Waals surface area contributed by atoms with Crippen LogP contribution in [0.1, 0.15) is 0 Å². The number of sulfonamides is 1. The van der Waals surface area contributed by atoms with E-state index in [4.69, 9.17) is 5.11 Å². The molecule has 0 aliphatic carbocycles. The number of rotatable bonds is 7. The van der Waals surface area contributed by atoms with Gasteiger partial charge in [-0.1, -0.05) is 0 Å². The molecule has 0 aromatic rings. The molecule has 0 rings (SSSR count). The van der Waals surface area contributed by atoms with Crippen LogP contribution in [-0.2, 0) is 14.8 Å². The molecule has 0 aromatic carbocycles. The van der Waals surface area contributed by atoms with Gasteiger partial charge in [0.15, 0.2) is 0 Å². The molecule has 2 amide bonds. The topological polar surface area (TPSA) is 116 Å². The molecule has 0 bridgehead atoms. The zero-order chi connectivity index (χ0) is 16.0. The third kappa shape index (κ3) is 8.53. The number of amides is 2. The molecule has 0 atom stereocenters. The lowest BCUT2D eigenvalue weighted by Gasteiger charge is -2.22. The van der Waals surface area contributed by atoms with Crippen LogP contribution < -0.4 is 10.0 Å². The van der Waals surface area contributed by atoms with E-state index in [1.54, 1.807) is 0 Å². The highest BCUT2D eigenvalue weighted by Gasteiger charge is 2.34. The Morgan fingerprint density at radius 3 is 2.25 bits per heavy atom. The van der Waals surface area contributed by atoms with Crippen LogP contribution in [0.15, 0.2) is 0 Å². The van der Waals surface area contributed by atoms with Crippen molar-refractivity contribution in [2.75, 3.05) is 32.4 Å². The highest BCUT2D eigenvalue weighted by atomic mass is 32.2. The minimum absolute atomic E-state index is 0.0221.